The van der Waals surface area contributed by atoms with E-state index in [0.29, 0.717) is 17.4 Å². The molecule has 0 radical (unpaired) electrons. The maximum atomic E-state index is 13.1. The highest BCUT2D eigenvalue weighted by atomic mass is 16.5. The Bertz CT molecular complexity index is 1060. The van der Waals surface area contributed by atoms with Crippen molar-refractivity contribution in [1.29, 1.82) is 0 Å². The number of rotatable bonds is 5. The summed E-state index contributed by atoms with van der Waals surface area (Å²) < 4.78 is 6.26. The van der Waals surface area contributed by atoms with Crippen molar-refractivity contribution in [3.05, 3.63) is 90.6 Å². The van der Waals surface area contributed by atoms with Crippen molar-refractivity contribution in [3.63, 3.8) is 0 Å². The normalized spacial score (nSPS) is 26.3. The van der Waals surface area contributed by atoms with Crippen LogP contribution >= 0.6 is 0 Å². The van der Waals surface area contributed by atoms with Gasteiger partial charge >= 0.3 is 5.97 Å². The third kappa shape index (κ3) is 3.41. The molecule has 0 N–H and O–H groups in total. The minimum Gasteiger partial charge on any atom is -0.452 e. The summed E-state index contributed by atoms with van der Waals surface area (Å²) in [6.45, 7) is 6.07. The monoisotopic (exact) mass is 398 g/mol. The van der Waals surface area contributed by atoms with Gasteiger partial charge in [0.05, 0.1) is 17.1 Å². The van der Waals surface area contributed by atoms with Crippen LogP contribution in [0.4, 0.5) is 0 Å². The molecule has 5 atom stereocenters. The van der Waals surface area contributed by atoms with E-state index in [1.807, 2.05) is 60.8 Å². The Hall–Kier alpha value is -2.98. The van der Waals surface area contributed by atoms with Crippen molar-refractivity contribution in [2.24, 2.45) is 11.8 Å². The van der Waals surface area contributed by atoms with Crippen LogP contribution in [-0.4, -0.2) is 35.0 Å². The van der Waals surface area contributed by atoms with E-state index in [2.05, 4.69) is 28.6 Å². The molecule has 3 fully saturated rings. The van der Waals surface area contributed by atoms with E-state index in [1.165, 1.54) is 6.42 Å². The molecule has 5 unspecified atom stereocenters. The highest BCUT2D eigenvalue weighted by Gasteiger charge is 2.44. The minimum absolute atomic E-state index is 0.165. The van der Waals surface area contributed by atoms with Crippen LogP contribution in [0.5, 0.6) is 0 Å². The van der Waals surface area contributed by atoms with Crippen molar-refractivity contribution in [2.45, 2.75) is 25.0 Å². The van der Waals surface area contributed by atoms with Gasteiger partial charge in [0.25, 0.3) is 0 Å². The molecular weight excluding hydrogens is 372 g/mol. The number of benzene rings is 2. The fraction of sp³-hybridized carbons (Fsp3) is 0.308. The average molecular weight is 399 g/mol. The summed E-state index contributed by atoms with van der Waals surface area (Å²) >= 11 is 0. The Morgan fingerprint density at radius 2 is 1.93 bits per heavy atom. The van der Waals surface area contributed by atoms with Crippen LogP contribution in [0, 0.1) is 11.8 Å². The number of carbonyl (C=O) groups excluding carboxylic acids is 1. The van der Waals surface area contributed by atoms with Crippen LogP contribution in [0.1, 0.15) is 34.9 Å². The third-order valence-corrected chi connectivity index (χ3v) is 6.74. The number of para-hydroxylation sites is 1. The second-order valence-corrected chi connectivity index (χ2v) is 8.36. The summed E-state index contributed by atoms with van der Waals surface area (Å²) in [5.74, 6) is 0.850. The molecule has 152 valence electrons. The van der Waals surface area contributed by atoms with Crippen LogP contribution in [0.25, 0.3) is 10.9 Å². The Balaban J connectivity index is 1.54. The first kappa shape index (κ1) is 19.0. The van der Waals surface area contributed by atoms with Crippen molar-refractivity contribution < 1.29 is 9.53 Å². The first-order valence-electron chi connectivity index (χ1n) is 10.7. The van der Waals surface area contributed by atoms with E-state index in [9.17, 15) is 4.79 Å². The first-order valence-corrected chi connectivity index (χ1v) is 10.7. The summed E-state index contributed by atoms with van der Waals surface area (Å²) in [6.07, 6.45) is 5.78. The average Bonchev–Trinajstić information content (AvgIpc) is 2.83. The van der Waals surface area contributed by atoms with Gasteiger partial charge in [-0.05, 0) is 55.5 Å². The number of hydrogen-bond donors (Lipinski definition) is 0. The molecule has 2 aromatic carbocycles. The zero-order chi connectivity index (χ0) is 20.5. The van der Waals surface area contributed by atoms with Gasteiger partial charge in [-0.15, -0.1) is 6.58 Å². The van der Waals surface area contributed by atoms with Crippen molar-refractivity contribution in [2.75, 3.05) is 13.1 Å². The topological polar surface area (TPSA) is 42.4 Å². The predicted octanol–water partition coefficient (Wildman–Crippen LogP) is 5.03. The Labute approximate surface area is 177 Å². The highest BCUT2D eigenvalue weighted by Crippen LogP contribution is 2.43. The van der Waals surface area contributed by atoms with Crippen molar-refractivity contribution >= 4 is 16.9 Å². The van der Waals surface area contributed by atoms with Gasteiger partial charge in [-0.1, -0.05) is 42.5 Å². The van der Waals surface area contributed by atoms with E-state index in [4.69, 9.17) is 4.74 Å². The first-order chi connectivity index (χ1) is 14.7. The number of hydrogen-bond acceptors (Lipinski definition) is 4. The Morgan fingerprint density at radius 3 is 2.70 bits per heavy atom. The van der Waals surface area contributed by atoms with Gasteiger partial charge in [0, 0.05) is 23.7 Å². The van der Waals surface area contributed by atoms with Crippen LogP contribution in [0.2, 0.25) is 0 Å². The maximum Gasteiger partial charge on any atom is 0.338 e. The van der Waals surface area contributed by atoms with E-state index in [1.54, 1.807) is 0 Å². The number of nitrogens with zero attached hydrogens (tertiary/aromatic N) is 2. The third-order valence-electron chi connectivity index (χ3n) is 6.74. The van der Waals surface area contributed by atoms with Gasteiger partial charge in [-0.25, -0.2) is 4.79 Å². The molecule has 3 aliphatic heterocycles. The van der Waals surface area contributed by atoms with Crippen molar-refractivity contribution in [3.8, 4) is 0 Å². The smallest absolute Gasteiger partial charge is 0.338 e. The summed E-state index contributed by atoms with van der Waals surface area (Å²) in [5.41, 5.74) is 2.55. The fourth-order valence-electron chi connectivity index (χ4n) is 5.17. The van der Waals surface area contributed by atoms with Crippen molar-refractivity contribution in [1.82, 2.24) is 9.88 Å². The number of aromatic nitrogens is 1. The fourth-order valence-corrected chi connectivity index (χ4v) is 5.17. The molecule has 1 aromatic heterocycles. The minimum atomic E-state index is -0.334. The van der Waals surface area contributed by atoms with E-state index < -0.39 is 0 Å². The van der Waals surface area contributed by atoms with Gasteiger partial charge < -0.3 is 4.74 Å². The molecule has 0 spiro atoms. The summed E-state index contributed by atoms with van der Waals surface area (Å²) in [4.78, 5) is 20.1. The summed E-state index contributed by atoms with van der Waals surface area (Å²) in [7, 11) is 0. The molecule has 3 aliphatic rings. The number of piperidine rings is 3. The van der Waals surface area contributed by atoms with Crippen LogP contribution in [-0.2, 0) is 4.74 Å². The molecule has 2 bridgehead atoms. The lowest BCUT2D eigenvalue weighted by atomic mass is 9.73. The molecule has 3 saturated heterocycles. The largest absolute Gasteiger partial charge is 0.452 e. The number of pyridine rings is 1. The number of carbonyl (C=O) groups is 1. The molecule has 0 amide bonds. The number of esters is 1. The highest BCUT2D eigenvalue weighted by molar-refractivity contribution is 5.90. The Kier molecular flexibility index (Phi) is 5.09. The molecule has 4 heteroatoms. The molecule has 0 saturated carbocycles. The molecular formula is C26H26N2O2. The number of fused-ring (bicyclic) bond motifs is 4. The lowest BCUT2D eigenvalue weighted by Crippen LogP contribution is -2.55. The lowest BCUT2D eigenvalue weighted by molar-refractivity contribution is -0.0568. The zero-order valence-corrected chi connectivity index (χ0v) is 17.0. The molecule has 3 aromatic rings. The van der Waals surface area contributed by atoms with Crippen LogP contribution < -0.4 is 0 Å². The van der Waals surface area contributed by atoms with Gasteiger partial charge in [-0.2, -0.15) is 0 Å². The maximum absolute atomic E-state index is 13.1. The van der Waals surface area contributed by atoms with E-state index >= 15 is 0 Å². The summed E-state index contributed by atoms with van der Waals surface area (Å²) in [5, 5.41) is 1.05. The molecule has 30 heavy (non-hydrogen) atoms. The van der Waals surface area contributed by atoms with E-state index in [-0.39, 0.29) is 18.1 Å². The van der Waals surface area contributed by atoms with Gasteiger partial charge in [0.15, 0.2) is 0 Å². The van der Waals surface area contributed by atoms with Crippen LogP contribution in [0.15, 0.2) is 79.5 Å². The van der Waals surface area contributed by atoms with E-state index in [0.717, 1.165) is 36.0 Å². The number of ether oxygens (including phenoxy) is 1. The molecule has 4 heterocycles. The molecule has 4 nitrogen and oxygen atoms in total. The lowest BCUT2D eigenvalue weighted by Gasteiger charge is -2.51. The summed E-state index contributed by atoms with van der Waals surface area (Å²) in [6, 6.07) is 19.5. The van der Waals surface area contributed by atoms with Crippen LogP contribution in [0.3, 0.4) is 0 Å². The zero-order valence-electron chi connectivity index (χ0n) is 17.0. The SMILES string of the molecule is C=CC1CN2CCC1CC2C(OC(=O)c1ccccc1)c1ccnc2ccccc12. The second-order valence-electron chi connectivity index (χ2n) is 8.36. The Morgan fingerprint density at radius 1 is 1.13 bits per heavy atom. The quantitative estimate of drug-likeness (QED) is 0.447. The standard InChI is InChI=1S/C26H26N2O2/c1-2-18-17-28-15-13-20(18)16-24(28)25(30-26(29)19-8-4-3-5-9-19)22-12-14-27-23-11-7-6-10-21(22)23/h2-12,14,18,20,24-25H,1,13,15-17H2. The second kappa shape index (κ2) is 8.04. The van der Waals surface area contributed by atoms with Gasteiger partial charge in [0.1, 0.15) is 6.10 Å². The predicted molar refractivity (Wildman–Crippen MR) is 118 cm³/mol. The molecule has 0 aliphatic carbocycles. The molecule has 6 rings (SSSR count). The van der Waals surface area contributed by atoms with Gasteiger partial charge in [0.2, 0.25) is 0 Å². The van der Waals surface area contributed by atoms with Gasteiger partial charge in [-0.3, -0.25) is 9.88 Å².